The maximum atomic E-state index is 11.3. The van der Waals surface area contributed by atoms with Crippen LogP contribution in [0.3, 0.4) is 0 Å². The molecule has 1 saturated heterocycles. The predicted molar refractivity (Wildman–Crippen MR) is 48.2 cm³/mol. The van der Waals surface area contributed by atoms with Crippen LogP contribution in [0.25, 0.3) is 0 Å². The molecule has 4 nitrogen and oxygen atoms in total. The number of hydrogen-bond acceptors (Lipinski definition) is 3. The van der Waals surface area contributed by atoms with Gasteiger partial charge in [-0.25, -0.2) is 8.42 Å². The van der Waals surface area contributed by atoms with Gasteiger partial charge in [-0.2, -0.15) is 4.31 Å². The first-order valence-corrected chi connectivity index (χ1v) is 5.42. The molecular formula is C7H14N2O2S. The van der Waals surface area contributed by atoms with Crippen molar-refractivity contribution in [2.75, 3.05) is 19.6 Å². The molecule has 1 N–H and O–H groups in total. The van der Waals surface area contributed by atoms with Crippen molar-refractivity contribution < 1.29 is 8.42 Å². The van der Waals surface area contributed by atoms with Crippen LogP contribution >= 0.6 is 0 Å². The van der Waals surface area contributed by atoms with E-state index in [2.05, 4.69) is 11.9 Å². The number of piperazine rings is 1. The van der Waals surface area contributed by atoms with Crippen LogP contribution in [-0.4, -0.2) is 38.4 Å². The van der Waals surface area contributed by atoms with Gasteiger partial charge >= 0.3 is 0 Å². The van der Waals surface area contributed by atoms with Gasteiger partial charge in [0.1, 0.15) is 0 Å². The van der Waals surface area contributed by atoms with E-state index in [1.165, 1.54) is 4.31 Å². The van der Waals surface area contributed by atoms with Gasteiger partial charge in [0, 0.05) is 31.1 Å². The average molecular weight is 190 g/mol. The van der Waals surface area contributed by atoms with Gasteiger partial charge in [-0.3, -0.25) is 0 Å². The van der Waals surface area contributed by atoms with Gasteiger partial charge in [-0.15, -0.1) is 0 Å². The fraction of sp³-hybridized carbons (Fsp3) is 0.714. The Morgan fingerprint density at radius 3 is 2.83 bits per heavy atom. The van der Waals surface area contributed by atoms with E-state index >= 15 is 0 Å². The molecule has 1 aliphatic heterocycles. The number of sulfonamides is 1. The molecule has 1 fully saturated rings. The molecule has 0 aromatic heterocycles. The predicted octanol–water partition coefficient (Wildman–Crippen LogP) is -0.247. The fourth-order valence-corrected chi connectivity index (χ4v) is 2.22. The molecule has 0 aromatic carbocycles. The Hall–Kier alpha value is -0.390. The molecule has 5 heteroatoms. The highest BCUT2D eigenvalue weighted by Gasteiger charge is 2.23. The Balaban J connectivity index is 2.69. The summed E-state index contributed by atoms with van der Waals surface area (Å²) in [4.78, 5) is 0. The highest BCUT2D eigenvalue weighted by atomic mass is 32.2. The summed E-state index contributed by atoms with van der Waals surface area (Å²) in [6.07, 6.45) is 0. The van der Waals surface area contributed by atoms with Crippen molar-refractivity contribution in [3.8, 4) is 0 Å². The van der Waals surface area contributed by atoms with E-state index in [-0.39, 0.29) is 6.04 Å². The van der Waals surface area contributed by atoms with E-state index in [4.69, 9.17) is 0 Å². The molecule has 1 rings (SSSR count). The van der Waals surface area contributed by atoms with E-state index in [0.29, 0.717) is 19.6 Å². The van der Waals surface area contributed by atoms with Crippen molar-refractivity contribution in [1.82, 2.24) is 9.62 Å². The second-order valence-corrected chi connectivity index (χ2v) is 4.80. The normalized spacial score (nSPS) is 26.9. The molecule has 0 aromatic rings. The number of nitrogens with zero attached hydrogens (tertiary/aromatic N) is 1. The molecule has 0 bridgehead atoms. The van der Waals surface area contributed by atoms with Crippen LogP contribution in [0.15, 0.2) is 12.0 Å². The topological polar surface area (TPSA) is 49.4 Å². The number of rotatable bonds is 2. The van der Waals surface area contributed by atoms with Crippen LogP contribution in [0.5, 0.6) is 0 Å². The second-order valence-electron chi connectivity index (χ2n) is 2.92. The van der Waals surface area contributed by atoms with Gasteiger partial charge in [0.15, 0.2) is 0 Å². The Morgan fingerprint density at radius 2 is 2.33 bits per heavy atom. The summed E-state index contributed by atoms with van der Waals surface area (Å²) in [6.45, 7) is 7.04. The van der Waals surface area contributed by atoms with E-state index < -0.39 is 10.0 Å². The number of nitrogens with one attached hydrogen (secondary N) is 1. The Kier molecular flexibility index (Phi) is 2.87. The lowest BCUT2D eigenvalue weighted by Gasteiger charge is -2.29. The molecule has 0 saturated carbocycles. The van der Waals surface area contributed by atoms with E-state index in [0.717, 1.165) is 5.41 Å². The Morgan fingerprint density at radius 1 is 1.67 bits per heavy atom. The van der Waals surface area contributed by atoms with Crippen LogP contribution in [-0.2, 0) is 10.0 Å². The van der Waals surface area contributed by atoms with Crippen molar-refractivity contribution in [3.63, 3.8) is 0 Å². The van der Waals surface area contributed by atoms with Crippen molar-refractivity contribution in [2.24, 2.45) is 0 Å². The highest BCUT2D eigenvalue weighted by Crippen LogP contribution is 2.06. The zero-order valence-electron chi connectivity index (χ0n) is 7.16. The second kappa shape index (κ2) is 3.55. The minimum Gasteiger partial charge on any atom is -0.312 e. The first-order chi connectivity index (χ1) is 5.56. The molecule has 70 valence electrons. The van der Waals surface area contributed by atoms with Gasteiger partial charge < -0.3 is 5.32 Å². The molecule has 0 spiro atoms. The largest absolute Gasteiger partial charge is 0.312 e. The van der Waals surface area contributed by atoms with Gasteiger partial charge in [-0.05, 0) is 6.92 Å². The first kappa shape index (κ1) is 9.70. The van der Waals surface area contributed by atoms with Gasteiger partial charge in [0.25, 0.3) is 0 Å². The summed E-state index contributed by atoms with van der Waals surface area (Å²) < 4.78 is 24.0. The molecule has 0 radical (unpaired) electrons. The van der Waals surface area contributed by atoms with Gasteiger partial charge in [0.05, 0.1) is 0 Å². The zero-order valence-corrected chi connectivity index (χ0v) is 7.97. The molecule has 0 aliphatic carbocycles. The Labute approximate surface area is 73.3 Å². The third-order valence-electron chi connectivity index (χ3n) is 1.90. The van der Waals surface area contributed by atoms with Crippen LogP contribution in [0.4, 0.5) is 0 Å². The van der Waals surface area contributed by atoms with E-state index in [1.807, 2.05) is 6.92 Å². The van der Waals surface area contributed by atoms with Crippen LogP contribution < -0.4 is 5.32 Å². The third-order valence-corrected chi connectivity index (χ3v) is 3.37. The smallest absolute Gasteiger partial charge is 0.235 e. The van der Waals surface area contributed by atoms with E-state index in [1.54, 1.807) is 0 Å². The quantitative estimate of drug-likeness (QED) is 0.653. The molecule has 1 atom stereocenters. The lowest BCUT2D eigenvalue weighted by atomic mass is 10.3. The lowest BCUT2D eigenvalue weighted by molar-refractivity contribution is 0.313. The average Bonchev–Trinajstić information content (AvgIpc) is 2.05. The monoisotopic (exact) mass is 190 g/mol. The fourth-order valence-electron chi connectivity index (χ4n) is 1.23. The molecule has 12 heavy (non-hydrogen) atoms. The Bertz CT molecular complexity index is 261. The maximum absolute atomic E-state index is 11.3. The van der Waals surface area contributed by atoms with Crippen molar-refractivity contribution in [1.29, 1.82) is 0 Å². The summed E-state index contributed by atoms with van der Waals surface area (Å²) in [6, 6.07) is 0.230. The summed E-state index contributed by atoms with van der Waals surface area (Å²) >= 11 is 0. The van der Waals surface area contributed by atoms with Gasteiger partial charge in [-0.1, -0.05) is 6.58 Å². The van der Waals surface area contributed by atoms with Crippen LogP contribution in [0.1, 0.15) is 6.92 Å². The van der Waals surface area contributed by atoms with Crippen molar-refractivity contribution in [3.05, 3.63) is 12.0 Å². The molecule has 0 amide bonds. The van der Waals surface area contributed by atoms with Crippen molar-refractivity contribution >= 4 is 10.0 Å². The lowest BCUT2D eigenvalue weighted by Crippen LogP contribution is -2.50. The van der Waals surface area contributed by atoms with Crippen LogP contribution in [0, 0.1) is 0 Å². The third kappa shape index (κ3) is 2.06. The maximum Gasteiger partial charge on any atom is 0.235 e. The highest BCUT2D eigenvalue weighted by molar-refractivity contribution is 7.92. The molecule has 1 aliphatic rings. The zero-order chi connectivity index (χ0) is 9.19. The summed E-state index contributed by atoms with van der Waals surface area (Å²) in [5.41, 5.74) is 0. The molecule has 1 heterocycles. The first-order valence-electron chi connectivity index (χ1n) is 3.92. The summed E-state index contributed by atoms with van der Waals surface area (Å²) in [7, 11) is -3.20. The van der Waals surface area contributed by atoms with Crippen molar-refractivity contribution in [2.45, 2.75) is 13.0 Å². The SMILES string of the molecule is C=CS(=O)(=O)N1CCN[C@@H](C)C1. The van der Waals surface area contributed by atoms with Crippen LogP contribution in [0.2, 0.25) is 0 Å². The summed E-state index contributed by atoms with van der Waals surface area (Å²) in [5.74, 6) is 0. The standard InChI is InChI=1S/C7H14N2O2S/c1-3-12(10,11)9-5-4-8-7(2)6-9/h3,7-8H,1,4-6H2,2H3/t7-/m0/s1. The van der Waals surface area contributed by atoms with E-state index in [9.17, 15) is 8.42 Å². The number of hydrogen-bond donors (Lipinski definition) is 1. The molecule has 0 unspecified atom stereocenters. The minimum absolute atomic E-state index is 0.230. The summed E-state index contributed by atoms with van der Waals surface area (Å²) in [5, 5.41) is 4.17. The van der Waals surface area contributed by atoms with Gasteiger partial charge in [0.2, 0.25) is 10.0 Å². The minimum atomic E-state index is -3.20. The molecular weight excluding hydrogens is 176 g/mol.